The van der Waals surface area contributed by atoms with E-state index in [9.17, 15) is 9.59 Å². The topological polar surface area (TPSA) is 106 Å². The van der Waals surface area contributed by atoms with Crippen molar-refractivity contribution in [1.29, 1.82) is 0 Å². The fraction of sp³-hybridized carbons (Fsp3) is 0.474. The molecule has 0 bridgehead atoms. The number of carbonyl (C=O) groups excluding carboxylic acids is 2. The van der Waals surface area contributed by atoms with Crippen LogP contribution in [0.5, 0.6) is 11.5 Å². The lowest BCUT2D eigenvalue weighted by atomic mass is 10.1. The van der Waals surface area contributed by atoms with Gasteiger partial charge in [-0.1, -0.05) is 11.3 Å². The number of benzene rings is 1. The minimum Gasteiger partial charge on any atom is -0.454 e. The predicted octanol–water partition coefficient (Wildman–Crippen LogP) is 2.84. The number of nitrogens with zero attached hydrogens (tertiary/aromatic N) is 3. The third kappa shape index (κ3) is 4.26. The van der Waals surface area contributed by atoms with Gasteiger partial charge >= 0.3 is 6.03 Å². The number of rotatable bonds is 3. The van der Waals surface area contributed by atoms with Gasteiger partial charge in [0.15, 0.2) is 11.5 Å². The number of urea groups is 1. The van der Waals surface area contributed by atoms with Gasteiger partial charge in [0.2, 0.25) is 17.8 Å². The highest BCUT2D eigenvalue weighted by molar-refractivity contribution is 7.18. The Labute approximate surface area is 172 Å². The molecule has 29 heavy (non-hydrogen) atoms. The van der Waals surface area contributed by atoms with Crippen LogP contribution in [-0.2, 0) is 4.79 Å². The van der Waals surface area contributed by atoms with E-state index in [4.69, 9.17) is 9.47 Å². The average molecular weight is 417 g/mol. The third-order valence-electron chi connectivity index (χ3n) is 4.57. The summed E-state index contributed by atoms with van der Waals surface area (Å²) in [6.07, 6.45) is 1.41. The van der Waals surface area contributed by atoms with E-state index in [1.807, 2.05) is 39.0 Å². The van der Waals surface area contributed by atoms with Crippen LogP contribution < -0.4 is 20.1 Å². The third-order valence-corrected chi connectivity index (χ3v) is 5.46. The molecule has 1 aromatic heterocycles. The first-order valence-electron chi connectivity index (χ1n) is 9.43. The Hall–Kier alpha value is -2.88. The molecule has 0 saturated carbocycles. The number of likely N-dealkylation sites (tertiary alicyclic amines) is 1. The van der Waals surface area contributed by atoms with Crippen molar-refractivity contribution in [2.45, 2.75) is 45.2 Å². The molecule has 9 nitrogen and oxygen atoms in total. The summed E-state index contributed by atoms with van der Waals surface area (Å²) in [5.41, 5.74) is 0.471. The molecule has 10 heteroatoms. The number of hydrogen-bond donors (Lipinski definition) is 2. The van der Waals surface area contributed by atoms with Crippen LogP contribution >= 0.6 is 11.3 Å². The van der Waals surface area contributed by atoms with E-state index < -0.39 is 6.04 Å². The Kier molecular flexibility index (Phi) is 5.03. The Morgan fingerprint density at radius 1 is 1.21 bits per heavy atom. The van der Waals surface area contributed by atoms with Crippen molar-refractivity contribution in [3.05, 3.63) is 18.2 Å². The van der Waals surface area contributed by atoms with Crippen molar-refractivity contribution in [2.75, 3.05) is 18.7 Å². The van der Waals surface area contributed by atoms with Gasteiger partial charge in [-0.05, 0) is 51.8 Å². The predicted molar refractivity (Wildman–Crippen MR) is 108 cm³/mol. The van der Waals surface area contributed by atoms with Crippen molar-refractivity contribution < 1.29 is 19.1 Å². The summed E-state index contributed by atoms with van der Waals surface area (Å²) in [7, 11) is 0. The Morgan fingerprint density at radius 3 is 2.79 bits per heavy atom. The molecule has 3 heterocycles. The minimum absolute atomic E-state index is 0.205. The number of amides is 3. The van der Waals surface area contributed by atoms with Crippen molar-refractivity contribution in [3.8, 4) is 22.1 Å². The van der Waals surface area contributed by atoms with Gasteiger partial charge in [0.1, 0.15) is 11.0 Å². The molecule has 1 unspecified atom stereocenters. The van der Waals surface area contributed by atoms with E-state index in [2.05, 4.69) is 20.8 Å². The molecule has 2 aromatic rings. The van der Waals surface area contributed by atoms with Gasteiger partial charge in [-0.25, -0.2) is 4.79 Å². The molecule has 0 aliphatic carbocycles. The van der Waals surface area contributed by atoms with Crippen LogP contribution in [0.25, 0.3) is 10.6 Å². The van der Waals surface area contributed by atoms with E-state index in [0.717, 1.165) is 12.0 Å². The first-order valence-corrected chi connectivity index (χ1v) is 10.2. The maximum atomic E-state index is 12.8. The number of carbonyl (C=O) groups is 2. The van der Waals surface area contributed by atoms with Crippen LogP contribution in [0, 0.1) is 0 Å². The highest BCUT2D eigenvalue weighted by Crippen LogP contribution is 2.37. The zero-order chi connectivity index (χ0) is 20.6. The highest BCUT2D eigenvalue weighted by Gasteiger charge is 2.35. The van der Waals surface area contributed by atoms with E-state index in [-0.39, 0.29) is 24.3 Å². The molecule has 2 N–H and O–H groups in total. The van der Waals surface area contributed by atoms with Crippen LogP contribution in [-0.4, -0.2) is 52.0 Å². The Balaban J connectivity index is 1.43. The second kappa shape index (κ2) is 7.51. The average Bonchev–Trinajstić information content (AvgIpc) is 3.39. The van der Waals surface area contributed by atoms with Crippen LogP contribution in [0.1, 0.15) is 33.6 Å². The molecule has 4 rings (SSSR count). The molecule has 1 aromatic carbocycles. The molecule has 1 atom stereocenters. The molecule has 3 amide bonds. The molecule has 0 radical (unpaired) electrons. The first kappa shape index (κ1) is 19.4. The molecule has 154 valence electrons. The van der Waals surface area contributed by atoms with Crippen LogP contribution in [0.15, 0.2) is 18.2 Å². The molecule has 0 spiro atoms. The van der Waals surface area contributed by atoms with E-state index in [1.165, 1.54) is 11.3 Å². The lowest BCUT2D eigenvalue weighted by Crippen LogP contribution is -2.52. The van der Waals surface area contributed by atoms with Gasteiger partial charge in [0.25, 0.3) is 0 Å². The van der Waals surface area contributed by atoms with Crippen molar-refractivity contribution in [2.24, 2.45) is 0 Å². The Morgan fingerprint density at radius 2 is 2.00 bits per heavy atom. The molecule has 1 fully saturated rings. The van der Waals surface area contributed by atoms with Crippen molar-refractivity contribution in [3.63, 3.8) is 0 Å². The number of hydrogen-bond acceptors (Lipinski definition) is 7. The quantitative estimate of drug-likeness (QED) is 0.796. The number of nitrogens with one attached hydrogen (secondary N) is 2. The first-order chi connectivity index (χ1) is 13.8. The lowest BCUT2D eigenvalue weighted by molar-refractivity contribution is -0.119. The van der Waals surface area contributed by atoms with Gasteiger partial charge < -0.3 is 19.7 Å². The fourth-order valence-corrected chi connectivity index (χ4v) is 4.03. The summed E-state index contributed by atoms with van der Waals surface area (Å²) in [6.45, 7) is 6.49. The van der Waals surface area contributed by atoms with Crippen molar-refractivity contribution >= 4 is 28.4 Å². The zero-order valence-corrected chi connectivity index (χ0v) is 17.3. The minimum atomic E-state index is -0.518. The number of fused-ring (bicyclic) bond motifs is 1. The van der Waals surface area contributed by atoms with Gasteiger partial charge in [-0.3, -0.25) is 10.1 Å². The lowest BCUT2D eigenvalue weighted by Gasteiger charge is -2.28. The number of aromatic nitrogens is 2. The van der Waals surface area contributed by atoms with Crippen molar-refractivity contribution in [1.82, 2.24) is 20.4 Å². The normalized spacial score (nSPS) is 18.0. The summed E-state index contributed by atoms with van der Waals surface area (Å²) < 4.78 is 10.7. The molecule has 1 saturated heterocycles. The standard InChI is InChI=1S/C19H23N5O4S/c1-19(2,3)21-18(26)24-8-4-5-12(24)15(25)20-17-23-22-16(29-17)11-6-7-13-14(9-11)28-10-27-13/h6-7,9,12H,4-5,8,10H2,1-3H3,(H,21,26)(H,20,23,25). The van der Waals surface area contributed by atoms with Gasteiger partial charge in [-0.2, -0.15) is 0 Å². The molecule has 2 aliphatic heterocycles. The van der Waals surface area contributed by atoms with E-state index in [0.29, 0.717) is 34.6 Å². The summed E-state index contributed by atoms with van der Waals surface area (Å²) >= 11 is 1.27. The van der Waals surface area contributed by atoms with Gasteiger partial charge in [-0.15, -0.1) is 10.2 Å². The van der Waals surface area contributed by atoms with Crippen LogP contribution in [0.3, 0.4) is 0 Å². The maximum Gasteiger partial charge on any atom is 0.318 e. The largest absolute Gasteiger partial charge is 0.454 e. The second-order valence-electron chi connectivity index (χ2n) is 8.00. The summed E-state index contributed by atoms with van der Waals surface area (Å²) in [5.74, 6) is 1.11. The SMILES string of the molecule is CC(C)(C)NC(=O)N1CCCC1C(=O)Nc1nnc(-c2ccc3c(c2)OCO3)s1. The monoisotopic (exact) mass is 417 g/mol. The Bertz CT molecular complexity index is 939. The number of ether oxygens (including phenoxy) is 2. The van der Waals surface area contributed by atoms with E-state index >= 15 is 0 Å². The van der Waals surface area contributed by atoms with E-state index in [1.54, 1.807) is 4.90 Å². The molecule has 2 aliphatic rings. The second-order valence-corrected chi connectivity index (χ2v) is 8.98. The summed E-state index contributed by atoms with van der Waals surface area (Å²) in [4.78, 5) is 26.8. The zero-order valence-electron chi connectivity index (χ0n) is 16.5. The van der Waals surface area contributed by atoms with Gasteiger partial charge in [0.05, 0.1) is 0 Å². The summed E-state index contributed by atoms with van der Waals surface area (Å²) in [5, 5.41) is 15.0. The van der Waals surface area contributed by atoms with Crippen LogP contribution in [0.2, 0.25) is 0 Å². The van der Waals surface area contributed by atoms with Gasteiger partial charge in [0, 0.05) is 17.6 Å². The fourth-order valence-electron chi connectivity index (χ4n) is 3.28. The smallest absolute Gasteiger partial charge is 0.318 e. The van der Waals surface area contributed by atoms with Crippen LogP contribution in [0.4, 0.5) is 9.93 Å². The maximum absolute atomic E-state index is 12.8. The highest BCUT2D eigenvalue weighted by atomic mass is 32.1. The molecular weight excluding hydrogens is 394 g/mol. The summed E-state index contributed by atoms with van der Waals surface area (Å²) in [6, 6.07) is 4.78. The molecular formula is C19H23N5O4S. The number of anilines is 1.